The summed E-state index contributed by atoms with van der Waals surface area (Å²) in [6.07, 6.45) is 6.86. The van der Waals surface area contributed by atoms with Crippen molar-refractivity contribution in [1.82, 2.24) is 15.1 Å². The van der Waals surface area contributed by atoms with Crippen molar-refractivity contribution >= 4 is 0 Å². The topological polar surface area (TPSA) is 18.5 Å². The average Bonchev–Trinajstić information content (AvgIpc) is 2.44. The van der Waals surface area contributed by atoms with Crippen LogP contribution < -0.4 is 5.32 Å². The molecule has 2 aliphatic rings. The first-order valence-corrected chi connectivity index (χ1v) is 8.81. The van der Waals surface area contributed by atoms with Gasteiger partial charge in [-0.15, -0.1) is 0 Å². The van der Waals surface area contributed by atoms with E-state index < -0.39 is 0 Å². The number of likely N-dealkylation sites (tertiary alicyclic amines) is 1. The smallest absolute Gasteiger partial charge is 0.00767 e. The standard InChI is InChI=1S/C17H35N3/c1-4-17-8-12-20(14-15(2)13-18-17)11-7-16-5-9-19(3)10-6-16/h15-18H,4-14H2,1-3H3. The van der Waals surface area contributed by atoms with Gasteiger partial charge in [-0.1, -0.05) is 13.8 Å². The van der Waals surface area contributed by atoms with Crippen LogP contribution in [0.2, 0.25) is 0 Å². The van der Waals surface area contributed by atoms with Crippen molar-refractivity contribution in [2.45, 2.75) is 52.0 Å². The van der Waals surface area contributed by atoms with Crippen molar-refractivity contribution in [2.24, 2.45) is 11.8 Å². The van der Waals surface area contributed by atoms with Gasteiger partial charge in [0.15, 0.2) is 0 Å². The fourth-order valence-electron chi connectivity index (χ4n) is 3.67. The number of piperidine rings is 1. The van der Waals surface area contributed by atoms with Gasteiger partial charge < -0.3 is 15.1 Å². The van der Waals surface area contributed by atoms with Crippen molar-refractivity contribution in [3.05, 3.63) is 0 Å². The Hall–Kier alpha value is -0.120. The molecule has 2 aliphatic heterocycles. The first kappa shape index (κ1) is 16.3. The third-order valence-corrected chi connectivity index (χ3v) is 5.30. The number of nitrogens with zero attached hydrogens (tertiary/aromatic N) is 2. The molecule has 0 aliphatic carbocycles. The molecule has 0 aromatic rings. The maximum absolute atomic E-state index is 3.72. The van der Waals surface area contributed by atoms with Gasteiger partial charge in [0, 0.05) is 12.6 Å². The molecule has 0 bridgehead atoms. The fourth-order valence-corrected chi connectivity index (χ4v) is 3.67. The van der Waals surface area contributed by atoms with E-state index in [9.17, 15) is 0 Å². The zero-order chi connectivity index (χ0) is 14.4. The Labute approximate surface area is 126 Å². The van der Waals surface area contributed by atoms with Crippen LogP contribution in [0.25, 0.3) is 0 Å². The molecular weight excluding hydrogens is 246 g/mol. The molecule has 3 heteroatoms. The van der Waals surface area contributed by atoms with Gasteiger partial charge in [-0.05, 0) is 83.7 Å². The van der Waals surface area contributed by atoms with E-state index in [0.717, 1.165) is 17.9 Å². The Morgan fingerprint density at radius 2 is 1.85 bits per heavy atom. The monoisotopic (exact) mass is 281 g/mol. The van der Waals surface area contributed by atoms with Crippen LogP contribution in [0, 0.1) is 11.8 Å². The van der Waals surface area contributed by atoms with Crippen molar-refractivity contribution in [2.75, 3.05) is 46.3 Å². The predicted octanol–water partition coefficient (Wildman–Crippen LogP) is 2.43. The molecule has 0 radical (unpaired) electrons. The lowest BCUT2D eigenvalue weighted by Crippen LogP contribution is -2.44. The Morgan fingerprint density at radius 3 is 2.55 bits per heavy atom. The van der Waals surface area contributed by atoms with E-state index in [4.69, 9.17) is 0 Å². The number of hydrogen-bond donors (Lipinski definition) is 1. The molecule has 2 fully saturated rings. The second-order valence-corrected chi connectivity index (χ2v) is 7.24. The molecule has 2 unspecified atom stereocenters. The lowest BCUT2D eigenvalue weighted by atomic mass is 9.93. The molecule has 0 aromatic carbocycles. The maximum Gasteiger partial charge on any atom is 0.00767 e. The second-order valence-electron chi connectivity index (χ2n) is 7.24. The predicted molar refractivity (Wildman–Crippen MR) is 87.1 cm³/mol. The molecule has 0 aromatic heterocycles. The van der Waals surface area contributed by atoms with E-state index in [0.29, 0.717) is 0 Å². The quantitative estimate of drug-likeness (QED) is 0.854. The number of hydrogen-bond acceptors (Lipinski definition) is 3. The van der Waals surface area contributed by atoms with Crippen molar-refractivity contribution in [3.63, 3.8) is 0 Å². The van der Waals surface area contributed by atoms with E-state index in [1.807, 2.05) is 0 Å². The Morgan fingerprint density at radius 1 is 1.10 bits per heavy atom. The molecule has 2 atom stereocenters. The minimum atomic E-state index is 0.739. The molecule has 3 nitrogen and oxygen atoms in total. The largest absolute Gasteiger partial charge is 0.314 e. The van der Waals surface area contributed by atoms with Crippen LogP contribution in [0.15, 0.2) is 0 Å². The van der Waals surface area contributed by atoms with Crippen LogP contribution in [0.4, 0.5) is 0 Å². The van der Waals surface area contributed by atoms with E-state index in [2.05, 4.69) is 36.0 Å². The van der Waals surface area contributed by atoms with Crippen LogP contribution in [-0.4, -0.2) is 62.2 Å². The minimum Gasteiger partial charge on any atom is -0.314 e. The van der Waals surface area contributed by atoms with Gasteiger partial charge in [0.25, 0.3) is 0 Å². The molecule has 2 rings (SSSR count). The number of rotatable bonds is 4. The highest BCUT2D eigenvalue weighted by molar-refractivity contribution is 4.77. The van der Waals surface area contributed by atoms with Gasteiger partial charge in [-0.25, -0.2) is 0 Å². The van der Waals surface area contributed by atoms with Gasteiger partial charge in [-0.3, -0.25) is 0 Å². The lowest BCUT2D eigenvalue weighted by Gasteiger charge is -2.34. The Bertz CT molecular complexity index is 261. The van der Waals surface area contributed by atoms with E-state index >= 15 is 0 Å². The Balaban J connectivity index is 1.72. The normalized spacial score (nSPS) is 31.9. The van der Waals surface area contributed by atoms with Gasteiger partial charge in [0.1, 0.15) is 0 Å². The third-order valence-electron chi connectivity index (χ3n) is 5.30. The summed E-state index contributed by atoms with van der Waals surface area (Å²) in [4.78, 5) is 5.22. The summed E-state index contributed by atoms with van der Waals surface area (Å²) in [5.41, 5.74) is 0. The molecule has 0 amide bonds. The van der Waals surface area contributed by atoms with Gasteiger partial charge in [-0.2, -0.15) is 0 Å². The van der Waals surface area contributed by atoms with Gasteiger partial charge >= 0.3 is 0 Å². The third kappa shape index (κ3) is 5.34. The molecule has 1 N–H and O–H groups in total. The van der Waals surface area contributed by atoms with Crippen LogP contribution in [-0.2, 0) is 0 Å². The fraction of sp³-hybridized carbons (Fsp3) is 1.00. The molecule has 2 heterocycles. The van der Waals surface area contributed by atoms with Gasteiger partial charge in [0.2, 0.25) is 0 Å². The lowest BCUT2D eigenvalue weighted by molar-refractivity contribution is 0.161. The summed E-state index contributed by atoms with van der Waals surface area (Å²) in [6, 6.07) is 0.739. The molecule has 2 saturated heterocycles. The highest BCUT2D eigenvalue weighted by Crippen LogP contribution is 2.20. The molecule has 118 valence electrons. The molecular formula is C17H35N3. The van der Waals surface area contributed by atoms with Crippen molar-refractivity contribution < 1.29 is 0 Å². The zero-order valence-corrected chi connectivity index (χ0v) is 13.9. The summed E-state index contributed by atoms with van der Waals surface area (Å²) < 4.78 is 0. The highest BCUT2D eigenvalue weighted by Gasteiger charge is 2.20. The minimum absolute atomic E-state index is 0.739. The first-order chi connectivity index (χ1) is 9.67. The molecule has 20 heavy (non-hydrogen) atoms. The summed E-state index contributed by atoms with van der Waals surface area (Å²) >= 11 is 0. The van der Waals surface area contributed by atoms with Crippen LogP contribution in [0.1, 0.15) is 46.0 Å². The summed E-state index contributed by atoms with van der Waals surface area (Å²) in [6.45, 7) is 12.4. The SMILES string of the molecule is CCC1CCN(CCC2CCN(C)CC2)CC(C)CN1. The zero-order valence-electron chi connectivity index (χ0n) is 13.9. The molecule has 0 spiro atoms. The molecule has 0 saturated carbocycles. The van der Waals surface area contributed by atoms with Crippen LogP contribution in [0.3, 0.4) is 0 Å². The van der Waals surface area contributed by atoms with E-state index in [1.54, 1.807) is 0 Å². The summed E-state index contributed by atoms with van der Waals surface area (Å²) in [5.74, 6) is 1.77. The van der Waals surface area contributed by atoms with Crippen molar-refractivity contribution in [3.8, 4) is 0 Å². The highest BCUT2D eigenvalue weighted by atomic mass is 15.1. The van der Waals surface area contributed by atoms with E-state index in [1.165, 1.54) is 71.4 Å². The van der Waals surface area contributed by atoms with Crippen LogP contribution in [0.5, 0.6) is 0 Å². The number of nitrogens with one attached hydrogen (secondary N) is 1. The second kappa shape index (κ2) is 8.35. The van der Waals surface area contributed by atoms with E-state index in [-0.39, 0.29) is 0 Å². The Kier molecular flexibility index (Phi) is 6.79. The first-order valence-electron chi connectivity index (χ1n) is 8.81. The summed E-state index contributed by atoms with van der Waals surface area (Å²) in [5, 5.41) is 3.72. The van der Waals surface area contributed by atoms with Crippen molar-refractivity contribution in [1.29, 1.82) is 0 Å². The van der Waals surface area contributed by atoms with Crippen LogP contribution >= 0.6 is 0 Å². The summed E-state index contributed by atoms with van der Waals surface area (Å²) in [7, 11) is 2.26. The van der Waals surface area contributed by atoms with Gasteiger partial charge in [0.05, 0.1) is 0 Å². The maximum atomic E-state index is 3.72. The average molecular weight is 281 g/mol.